The SMILES string of the molecule is [2H]c1c([2H])c([2H])c(-c2cccc(N(c3ccc4c(c3)C(C)(C)c3ccccc3-4)c3ccc4c(c3)C3(c5ccccc5-c5ccc(N(c6ccccc6)c6ccccc6)cc53)c3ccccc3-4)c2)c([2H])c1[2H]. The number of benzene rings is 10. The fraction of sp³-hybridized carbons (Fsp3) is 0.0625. The second-order valence-electron chi connectivity index (χ2n) is 18.1. The first-order valence-electron chi connectivity index (χ1n) is 25.2. The minimum atomic E-state index is -0.689. The molecule has 2 heteroatoms. The number of para-hydroxylation sites is 2. The zero-order valence-corrected chi connectivity index (χ0v) is 36.6. The lowest BCUT2D eigenvalue weighted by Crippen LogP contribution is -2.26. The van der Waals surface area contributed by atoms with Crippen LogP contribution < -0.4 is 9.80 Å². The fourth-order valence-electron chi connectivity index (χ4n) is 11.5. The average Bonchev–Trinajstić information content (AvgIpc) is 3.97. The summed E-state index contributed by atoms with van der Waals surface area (Å²) in [6.07, 6.45) is 0. The zero-order chi connectivity index (χ0) is 48.3. The molecule has 0 N–H and O–H groups in total. The van der Waals surface area contributed by atoms with Crippen LogP contribution in [0.25, 0.3) is 44.5 Å². The van der Waals surface area contributed by atoms with Crippen LogP contribution in [0.3, 0.4) is 0 Å². The third-order valence-electron chi connectivity index (χ3n) is 14.3. The topological polar surface area (TPSA) is 6.48 Å². The molecule has 312 valence electrons. The lowest BCUT2D eigenvalue weighted by molar-refractivity contribution is 0.660. The Morgan fingerprint density at radius 3 is 1.24 bits per heavy atom. The van der Waals surface area contributed by atoms with E-state index in [0.717, 1.165) is 34.1 Å². The smallest absolute Gasteiger partial charge is 0.0727 e. The Morgan fingerprint density at radius 2 is 0.697 bits per heavy atom. The van der Waals surface area contributed by atoms with Gasteiger partial charge in [0.1, 0.15) is 0 Å². The summed E-state index contributed by atoms with van der Waals surface area (Å²) in [7, 11) is 0. The molecule has 1 atom stereocenters. The highest BCUT2D eigenvalue weighted by Crippen LogP contribution is 2.64. The molecule has 0 aromatic heterocycles. The van der Waals surface area contributed by atoms with E-state index in [4.69, 9.17) is 6.85 Å². The molecule has 1 unspecified atom stereocenters. The predicted molar refractivity (Wildman–Crippen MR) is 275 cm³/mol. The van der Waals surface area contributed by atoms with Gasteiger partial charge >= 0.3 is 0 Å². The second kappa shape index (κ2) is 14.7. The third kappa shape index (κ3) is 5.55. The Morgan fingerprint density at radius 1 is 0.303 bits per heavy atom. The Kier molecular flexibility index (Phi) is 7.41. The van der Waals surface area contributed by atoms with Crippen molar-refractivity contribution in [2.75, 3.05) is 9.80 Å². The van der Waals surface area contributed by atoms with Gasteiger partial charge in [0.05, 0.1) is 12.3 Å². The first kappa shape index (κ1) is 33.3. The maximum atomic E-state index is 8.98. The van der Waals surface area contributed by atoms with Crippen molar-refractivity contribution in [3.05, 3.63) is 276 Å². The Balaban J connectivity index is 1.07. The number of nitrogens with zero attached hydrogens (tertiary/aromatic N) is 2. The summed E-state index contributed by atoms with van der Waals surface area (Å²) in [5, 5.41) is 0. The van der Waals surface area contributed by atoms with Gasteiger partial charge in [0.25, 0.3) is 0 Å². The van der Waals surface area contributed by atoms with Crippen LogP contribution in [0.4, 0.5) is 34.1 Å². The largest absolute Gasteiger partial charge is 0.310 e. The molecule has 2 nitrogen and oxygen atoms in total. The molecule has 0 radical (unpaired) electrons. The highest BCUT2D eigenvalue weighted by molar-refractivity contribution is 5.98. The molecule has 10 aromatic rings. The number of hydrogen-bond donors (Lipinski definition) is 0. The highest BCUT2D eigenvalue weighted by atomic mass is 15.1. The summed E-state index contributed by atoms with van der Waals surface area (Å²) >= 11 is 0. The van der Waals surface area contributed by atoms with Gasteiger partial charge in [-0.3, -0.25) is 0 Å². The van der Waals surface area contributed by atoms with Crippen molar-refractivity contribution in [2.24, 2.45) is 0 Å². The van der Waals surface area contributed by atoms with E-state index in [9.17, 15) is 0 Å². The highest BCUT2D eigenvalue weighted by Gasteiger charge is 2.52. The number of fused-ring (bicyclic) bond motifs is 13. The van der Waals surface area contributed by atoms with Gasteiger partial charge < -0.3 is 9.80 Å². The summed E-state index contributed by atoms with van der Waals surface area (Å²) in [6, 6.07) is 74.3. The van der Waals surface area contributed by atoms with Gasteiger partial charge in [-0.2, -0.15) is 0 Å². The van der Waals surface area contributed by atoms with Crippen LogP contribution in [0.2, 0.25) is 0 Å². The van der Waals surface area contributed by atoms with E-state index in [0.29, 0.717) is 5.56 Å². The van der Waals surface area contributed by atoms with Crippen LogP contribution >= 0.6 is 0 Å². The molecular formula is C64H46N2. The first-order chi connectivity index (χ1) is 34.6. The Hall–Kier alpha value is -8.20. The van der Waals surface area contributed by atoms with Gasteiger partial charge in [-0.1, -0.05) is 184 Å². The standard InChI is InChI=1S/C64H46N2/c1-63(2)57-30-15-12-27-51(57)54-36-33-48(40-60(54)63)66(47-26-18-21-44(39-47)43-19-6-3-7-20-43)50-35-38-56-53-29-14-17-32-59(53)64(62(56)42-50)58-31-16-13-28-52(58)55-37-34-49(41-61(55)64)65(45-22-8-4-9-23-45)46-24-10-5-11-25-46/h3-42H,1-2H3/i3D,6D,7D,19D,20D. The summed E-state index contributed by atoms with van der Waals surface area (Å²) in [4.78, 5) is 4.62. The summed E-state index contributed by atoms with van der Waals surface area (Å²) in [5.41, 5.74) is 20.2. The van der Waals surface area contributed by atoms with Gasteiger partial charge in [0.2, 0.25) is 0 Å². The van der Waals surface area contributed by atoms with E-state index in [1.54, 1.807) is 0 Å². The monoisotopic (exact) mass is 847 g/mol. The molecule has 13 rings (SSSR count). The van der Waals surface area contributed by atoms with Gasteiger partial charge in [-0.05, 0) is 151 Å². The molecule has 0 heterocycles. The molecule has 0 fully saturated rings. The van der Waals surface area contributed by atoms with Crippen molar-refractivity contribution in [1.82, 2.24) is 0 Å². The molecule has 0 aliphatic heterocycles. The van der Waals surface area contributed by atoms with Crippen LogP contribution in [-0.2, 0) is 10.8 Å². The van der Waals surface area contributed by atoms with Crippen LogP contribution in [0.5, 0.6) is 0 Å². The van der Waals surface area contributed by atoms with Gasteiger partial charge in [0.15, 0.2) is 0 Å². The van der Waals surface area contributed by atoms with Crippen molar-refractivity contribution in [3.63, 3.8) is 0 Å². The van der Waals surface area contributed by atoms with E-state index in [1.807, 2.05) is 18.2 Å². The molecule has 3 aliphatic rings. The molecule has 0 saturated heterocycles. The fourth-order valence-corrected chi connectivity index (χ4v) is 11.5. The molecule has 0 saturated carbocycles. The van der Waals surface area contributed by atoms with E-state index in [2.05, 4.69) is 218 Å². The molecule has 0 amide bonds. The minimum Gasteiger partial charge on any atom is -0.310 e. The quantitative estimate of drug-likeness (QED) is 0.158. The van der Waals surface area contributed by atoms with Crippen molar-refractivity contribution in [1.29, 1.82) is 0 Å². The molecule has 0 bridgehead atoms. The average molecular weight is 848 g/mol. The van der Waals surface area contributed by atoms with Gasteiger partial charge in [0, 0.05) is 39.5 Å². The molecule has 66 heavy (non-hydrogen) atoms. The van der Waals surface area contributed by atoms with Crippen LogP contribution in [0.15, 0.2) is 243 Å². The zero-order valence-electron chi connectivity index (χ0n) is 41.6. The van der Waals surface area contributed by atoms with E-state index in [1.165, 1.54) is 66.8 Å². The molecule has 3 aliphatic carbocycles. The summed E-state index contributed by atoms with van der Waals surface area (Å²) in [5.74, 6) is 0. The van der Waals surface area contributed by atoms with Gasteiger partial charge in [-0.15, -0.1) is 0 Å². The maximum Gasteiger partial charge on any atom is 0.0727 e. The molecular weight excluding hydrogens is 797 g/mol. The second-order valence-corrected chi connectivity index (χ2v) is 18.1. The number of hydrogen-bond acceptors (Lipinski definition) is 2. The van der Waals surface area contributed by atoms with Crippen LogP contribution in [-0.4, -0.2) is 0 Å². The summed E-state index contributed by atoms with van der Waals surface area (Å²) < 4.78 is 43.4. The molecule has 10 aromatic carbocycles. The van der Waals surface area contributed by atoms with Crippen molar-refractivity contribution in [2.45, 2.75) is 24.7 Å². The first-order valence-corrected chi connectivity index (χ1v) is 22.7. The maximum absolute atomic E-state index is 8.98. The normalized spacial score (nSPS) is 16.4. The van der Waals surface area contributed by atoms with Crippen LogP contribution in [0.1, 0.15) is 54.1 Å². The predicted octanol–water partition coefficient (Wildman–Crippen LogP) is 16.9. The third-order valence-corrected chi connectivity index (χ3v) is 14.3. The van der Waals surface area contributed by atoms with Gasteiger partial charge in [-0.25, -0.2) is 0 Å². The van der Waals surface area contributed by atoms with E-state index in [-0.39, 0.29) is 35.1 Å². The minimum absolute atomic E-state index is 0.168. The Bertz CT molecular complexity index is 3750. The van der Waals surface area contributed by atoms with Crippen molar-refractivity contribution in [3.8, 4) is 44.5 Å². The van der Waals surface area contributed by atoms with E-state index < -0.39 is 11.5 Å². The van der Waals surface area contributed by atoms with Crippen molar-refractivity contribution < 1.29 is 6.85 Å². The lowest BCUT2D eigenvalue weighted by atomic mass is 9.70. The molecule has 1 spiro atoms. The number of anilines is 6. The van der Waals surface area contributed by atoms with Crippen molar-refractivity contribution >= 4 is 34.1 Å². The van der Waals surface area contributed by atoms with E-state index >= 15 is 0 Å². The lowest BCUT2D eigenvalue weighted by Gasteiger charge is -2.33. The summed E-state index contributed by atoms with van der Waals surface area (Å²) in [6.45, 7) is 4.59. The Labute approximate surface area is 394 Å². The number of rotatable bonds is 7. The van der Waals surface area contributed by atoms with Crippen LogP contribution in [0, 0.1) is 0 Å².